The minimum absolute atomic E-state index is 0.0301. The molecule has 1 amide bonds. The summed E-state index contributed by atoms with van der Waals surface area (Å²) in [6.45, 7) is 3.98. The summed E-state index contributed by atoms with van der Waals surface area (Å²) in [7, 11) is 0. The smallest absolute Gasteiger partial charge is 0.234 e. The van der Waals surface area contributed by atoms with Gasteiger partial charge in [0.1, 0.15) is 0 Å². The lowest BCUT2D eigenvalue weighted by atomic mass is 9.87. The van der Waals surface area contributed by atoms with Crippen LogP contribution >= 0.6 is 0 Å². The third-order valence-corrected chi connectivity index (χ3v) is 4.25. The number of hydrogen-bond donors (Lipinski definition) is 1. The van der Waals surface area contributed by atoms with Gasteiger partial charge in [0.15, 0.2) is 0 Å². The summed E-state index contributed by atoms with van der Waals surface area (Å²) >= 11 is 0. The molecule has 1 aromatic rings. The van der Waals surface area contributed by atoms with E-state index in [1.54, 1.807) is 0 Å². The maximum absolute atomic E-state index is 12.0. The van der Waals surface area contributed by atoms with Gasteiger partial charge in [0.05, 0.1) is 19.0 Å². The van der Waals surface area contributed by atoms with Crippen molar-refractivity contribution in [1.82, 2.24) is 10.2 Å². The Kier molecular flexibility index (Phi) is 6.42. The number of hydrogen-bond acceptors (Lipinski definition) is 3. The summed E-state index contributed by atoms with van der Waals surface area (Å²) < 4.78 is 0. The van der Waals surface area contributed by atoms with Gasteiger partial charge in [-0.15, -0.1) is 0 Å². The average molecular weight is 299 g/mol. The van der Waals surface area contributed by atoms with E-state index < -0.39 is 0 Å². The molecule has 4 heteroatoms. The van der Waals surface area contributed by atoms with Gasteiger partial charge in [-0.2, -0.15) is 5.26 Å². The molecule has 1 aromatic carbocycles. The molecular formula is C18H25N3O. The molecule has 1 atom stereocenters. The molecular weight excluding hydrogens is 274 g/mol. The largest absolute Gasteiger partial charge is 0.354 e. The van der Waals surface area contributed by atoms with Crippen molar-refractivity contribution in [3.05, 3.63) is 35.4 Å². The number of aryl methyl sites for hydroxylation is 1. The molecule has 0 heterocycles. The predicted molar refractivity (Wildman–Crippen MR) is 87.4 cm³/mol. The van der Waals surface area contributed by atoms with Crippen molar-refractivity contribution < 1.29 is 4.79 Å². The van der Waals surface area contributed by atoms with Crippen LogP contribution in [-0.2, 0) is 17.6 Å². The molecule has 4 nitrogen and oxygen atoms in total. The molecule has 0 unspecified atom stereocenters. The zero-order chi connectivity index (χ0) is 15.8. The Balaban J connectivity index is 1.94. The Bertz CT molecular complexity index is 535. The molecule has 0 bridgehead atoms. The SMILES string of the molecule is CCCN(CC(=O)NCCC#N)[C@H]1CCc2ccccc2C1. The van der Waals surface area contributed by atoms with Crippen molar-refractivity contribution >= 4 is 5.91 Å². The quantitative estimate of drug-likeness (QED) is 0.786. The average Bonchev–Trinajstić information content (AvgIpc) is 2.54. The molecule has 1 aliphatic carbocycles. The molecule has 0 saturated heterocycles. The van der Waals surface area contributed by atoms with E-state index in [9.17, 15) is 4.79 Å². The number of benzene rings is 1. The van der Waals surface area contributed by atoms with Crippen LogP contribution in [0, 0.1) is 11.3 Å². The monoisotopic (exact) mass is 299 g/mol. The second kappa shape index (κ2) is 8.55. The minimum atomic E-state index is 0.0301. The lowest BCUT2D eigenvalue weighted by Crippen LogP contribution is -2.45. The fourth-order valence-electron chi connectivity index (χ4n) is 3.17. The molecule has 0 aliphatic heterocycles. The Labute approximate surface area is 133 Å². The number of carbonyl (C=O) groups excluding carboxylic acids is 1. The molecule has 118 valence electrons. The van der Waals surface area contributed by atoms with Crippen LogP contribution in [0.25, 0.3) is 0 Å². The lowest BCUT2D eigenvalue weighted by molar-refractivity contribution is -0.122. The van der Waals surface area contributed by atoms with Gasteiger partial charge in [0.25, 0.3) is 0 Å². The van der Waals surface area contributed by atoms with E-state index in [1.807, 2.05) is 6.07 Å². The predicted octanol–water partition coefficient (Wildman–Crippen LogP) is 2.29. The first kappa shape index (κ1) is 16.5. The summed E-state index contributed by atoms with van der Waals surface area (Å²) in [5.74, 6) is 0.0301. The highest BCUT2D eigenvalue weighted by molar-refractivity contribution is 5.78. The zero-order valence-electron chi connectivity index (χ0n) is 13.3. The Hall–Kier alpha value is -1.86. The number of fused-ring (bicyclic) bond motifs is 1. The fraction of sp³-hybridized carbons (Fsp3) is 0.556. The number of nitriles is 1. The van der Waals surface area contributed by atoms with Gasteiger partial charge >= 0.3 is 0 Å². The summed E-state index contributed by atoms with van der Waals surface area (Å²) in [5.41, 5.74) is 2.87. The first-order valence-corrected chi connectivity index (χ1v) is 8.19. The highest BCUT2D eigenvalue weighted by Crippen LogP contribution is 2.24. The second-order valence-corrected chi connectivity index (χ2v) is 5.89. The molecule has 0 saturated carbocycles. The molecule has 2 rings (SSSR count). The topological polar surface area (TPSA) is 56.1 Å². The summed E-state index contributed by atoms with van der Waals surface area (Å²) in [6, 6.07) is 11.1. The highest BCUT2D eigenvalue weighted by atomic mass is 16.2. The van der Waals surface area contributed by atoms with Gasteiger partial charge in [0.2, 0.25) is 5.91 Å². The van der Waals surface area contributed by atoms with Crippen LogP contribution in [0.1, 0.15) is 37.3 Å². The van der Waals surface area contributed by atoms with E-state index in [-0.39, 0.29) is 5.91 Å². The van der Waals surface area contributed by atoms with Crippen LogP contribution in [0.3, 0.4) is 0 Å². The molecule has 0 aromatic heterocycles. The van der Waals surface area contributed by atoms with E-state index in [2.05, 4.69) is 41.4 Å². The number of nitrogens with zero attached hydrogens (tertiary/aromatic N) is 2. The van der Waals surface area contributed by atoms with Gasteiger partial charge in [-0.3, -0.25) is 9.69 Å². The van der Waals surface area contributed by atoms with Crippen molar-refractivity contribution in [3.63, 3.8) is 0 Å². The van der Waals surface area contributed by atoms with E-state index in [0.717, 1.165) is 32.2 Å². The highest BCUT2D eigenvalue weighted by Gasteiger charge is 2.24. The van der Waals surface area contributed by atoms with E-state index in [4.69, 9.17) is 5.26 Å². The summed E-state index contributed by atoms with van der Waals surface area (Å²) in [4.78, 5) is 14.3. The van der Waals surface area contributed by atoms with Gasteiger partial charge in [0, 0.05) is 12.6 Å². The number of carbonyl (C=O) groups is 1. The first-order valence-electron chi connectivity index (χ1n) is 8.19. The van der Waals surface area contributed by atoms with Crippen LogP contribution < -0.4 is 5.32 Å². The van der Waals surface area contributed by atoms with Crippen LogP contribution in [-0.4, -0.2) is 36.5 Å². The van der Waals surface area contributed by atoms with Crippen LogP contribution in [0.2, 0.25) is 0 Å². The zero-order valence-corrected chi connectivity index (χ0v) is 13.3. The normalized spacial score (nSPS) is 16.9. The lowest BCUT2D eigenvalue weighted by Gasteiger charge is -2.34. The standard InChI is InChI=1S/C18H25N3O/c1-2-12-21(14-18(22)20-11-5-10-19)17-9-8-15-6-3-4-7-16(15)13-17/h3-4,6-7,17H,2,5,8-9,11-14H2,1H3,(H,20,22)/t17-/m0/s1. The third-order valence-electron chi connectivity index (χ3n) is 4.25. The van der Waals surface area contributed by atoms with Crippen molar-refractivity contribution in [1.29, 1.82) is 5.26 Å². The fourth-order valence-corrected chi connectivity index (χ4v) is 3.17. The van der Waals surface area contributed by atoms with Crippen LogP contribution in [0.5, 0.6) is 0 Å². The Morgan fingerprint density at radius 1 is 1.41 bits per heavy atom. The molecule has 1 N–H and O–H groups in total. The van der Waals surface area contributed by atoms with Crippen molar-refractivity contribution in [2.75, 3.05) is 19.6 Å². The third kappa shape index (κ3) is 4.57. The summed E-state index contributed by atoms with van der Waals surface area (Å²) in [5, 5.41) is 11.4. The maximum Gasteiger partial charge on any atom is 0.234 e. The minimum Gasteiger partial charge on any atom is -0.354 e. The van der Waals surface area contributed by atoms with Crippen molar-refractivity contribution in [2.45, 2.75) is 45.1 Å². The molecule has 0 spiro atoms. The second-order valence-electron chi connectivity index (χ2n) is 5.89. The first-order chi connectivity index (χ1) is 10.7. The number of rotatable bonds is 7. The Morgan fingerprint density at radius 3 is 2.91 bits per heavy atom. The number of nitrogens with one attached hydrogen (secondary N) is 1. The maximum atomic E-state index is 12.0. The van der Waals surface area contributed by atoms with E-state index in [0.29, 0.717) is 25.6 Å². The van der Waals surface area contributed by atoms with Gasteiger partial charge < -0.3 is 5.32 Å². The van der Waals surface area contributed by atoms with Gasteiger partial charge in [-0.25, -0.2) is 0 Å². The van der Waals surface area contributed by atoms with E-state index >= 15 is 0 Å². The van der Waals surface area contributed by atoms with Crippen LogP contribution in [0.4, 0.5) is 0 Å². The summed E-state index contributed by atoms with van der Waals surface area (Å²) in [6.07, 6.45) is 4.65. The van der Waals surface area contributed by atoms with E-state index in [1.165, 1.54) is 11.1 Å². The Morgan fingerprint density at radius 2 is 2.18 bits per heavy atom. The van der Waals surface area contributed by atoms with Crippen LogP contribution in [0.15, 0.2) is 24.3 Å². The van der Waals surface area contributed by atoms with Crippen molar-refractivity contribution in [3.8, 4) is 6.07 Å². The van der Waals surface area contributed by atoms with Crippen molar-refractivity contribution in [2.24, 2.45) is 0 Å². The number of amides is 1. The van der Waals surface area contributed by atoms with Gasteiger partial charge in [-0.05, 0) is 43.4 Å². The molecule has 0 radical (unpaired) electrons. The molecule has 0 fully saturated rings. The molecule has 22 heavy (non-hydrogen) atoms. The molecule has 1 aliphatic rings. The van der Waals surface area contributed by atoms with Gasteiger partial charge in [-0.1, -0.05) is 31.2 Å².